The summed E-state index contributed by atoms with van der Waals surface area (Å²) in [7, 11) is 7.34. The van der Waals surface area contributed by atoms with Crippen LogP contribution in [-0.4, -0.2) is 114 Å². The Morgan fingerprint density at radius 1 is 0.778 bits per heavy atom. The highest BCUT2D eigenvalue weighted by Crippen LogP contribution is 2.43. The number of anilines is 4. The van der Waals surface area contributed by atoms with Crippen molar-refractivity contribution in [2.24, 2.45) is 11.8 Å². The average Bonchev–Trinajstić information content (AvgIpc) is 4.10. The number of carboxylic acids is 1. The lowest BCUT2D eigenvalue weighted by atomic mass is 9.87. The van der Waals surface area contributed by atoms with Crippen LogP contribution in [0, 0.1) is 11.8 Å². The molecule has 0 saturated heterocycles. The Morgan fingerprint density at radius 3 is 1.76 bits per heavy atom. The largest absolute Gasteiger partial charge is 0.493 e. The molecule has 3 N–H and O–H groups in total. The van der Waals surface area contributed by atoms with Crippen molar-refractivity contribution in [1.82, 2.24) is 49.0 Å². The molecule has 0 saturated carbocycles. The summed E-state index contributed by atoms with van der Waals surface area (Å²) in [6.07, 6.45) is 14.6. The molecule has 1 amide bonds. The number of ether oxygens (including phenoxy) is 2. The van der Waals surface area contributed by atoms with Crippen LogP contribution in [0.25, 0.3) is 31.5 Å². The van der Waals surface area contributed by atoms with Crippen LogP contribution in [-0.2, 0) is 35.3 Å². The zero-order valence-corrected chi connectivity index (χ0v) is 37.3. The first-order chi connectivity index (χ1) is 30.6. The molecule has 326 valence electrons. The van der Waals surface area contributed by atoms with Crippen molar-refractivity contribution in [2.45, 2.75) is 45.4 Å². The third-order valence-corrected chi connectivity index (χ3v) is 14.2. The molecule has 0 spiro atoms. The fraction of sp³-hybridized carbons (Fsp3) is 0.364. The van der Waals surface area contributed by atoms with Crippen LogP contribution in [0.15, 0.2) is 61.7 Å². The zero-order valence-electron chi connectivity index (χ0n) is 35.7. The Morgan fingerprint density at radius 2 is 1.29 bits per heavy atom. The molecule has 8 aromatic heterocycles. The monoisotopic (exact) mass is 888 g/mol. The molecule has 17 nitrogen and oxygen atoms in total. The number of aromatic nitrogens is 8. The van der Waals surface area contributed by atoms with Gasteiger partial charge in [-0.15, -0.1) is 22.7 Å². The molecule has 0 bridgehead atoms. The molecule has 0 unspecified atom stereocenters. The van der Waals surface area contributed by atoms with E-state index in [0.29, 0.717) is 36.6 Å². The number of likely N-dealkylation sites (N-methyl/N-ethyl adjacent to an activating group) is 2. The molecule has 0 aromatic carbocycles. The van der Waals surface area contributed by atoms with E-state index in [0.717, 1.165) is 98.0 Å². The number of carbonyl (C=O) groups is 2. The molecule has 2 atom stereocenters. The van der Waals surface area contributed by atoms with Gasteiger partial charge in [-0.1, -0.05) is 0 Å². The minimum atomic E-state index is -0.730. The lowest BCUT2D eigenvalue weighted by Gasteiger charge is -2.29. The van der Waals surface area contributed by atoms with Crippen LogP contribution < -0.4 is 20.1 Å². The zero-order chi connectivity index (χ0) is 43.8. The van der Waals surface area contributed by atoms with Crippen molar-refractivity contribution in [3.05, 3.63) is 82.6 Å². The number of carboxylic acid groups (broad SMARTS) is 1. The Kier molecular flexibility index (Phi) is 11.8. The predicted octanol–water partition coefficient (Wildman–Crippen LogP) is 6.89. The number of carbonyl (C=O) groups excluding carboxylic acids is 1. The maximum absolute atomic E-state index is 13.3. The first-order valence-corrected chi connectivity index (χ1v) is 22.5. The van der Waals surface area contributed by atoms with Gasteiger partial charge in [-0.05, 0) is 94.9 Å². The molecule has 8 aromatic rings. The summed E-state index contributed by atoms with van der Waals surface area (Å²) in [5.74, 6) is 2.03. The van der Waals surface area contributed by atoms with Gasteiger partial charge in [0.25, 0.3) is 0 Å². The van der Waals surface area contributed by atoms with Gasteiger partial charge in [0, 0.05) is 47.7 Å². The number of amides is 1. The molecule has 63 heavy (non-hydrogen) atoms. The van der Waals surface area contributed by atoms with E-state index in [-0.39, 0.29) is 17.7 Å². The second-order valence-corrected chi connectivity index (χ2v) is 18.1. The van der Waals surface area contributed by atoms with Crippen molar-refractivity contribution >= 4 is 89.0 Å². The number of hydrogen-bond donors (Lipinski definition) is 3. The van der Waals surface area contributed by atoms with Crippen molar-refractivity contribution in [3.8, 4) is 11.5 Å². The second-order valence-electron chi connectivity index (χ2n) is 15.9. The average molecular weight is 889 g/mol. The Labute approximate surface area is 370 Å². The lowest BCUT2D eigenvalue weighted by Crippen LogP contribution is -2.41. The van der Waals surface area contributed by atoms with Crippen LogP contribution in [0.4, 0.5) is 23.0 Å². The van der Waals surface area contributed by atoms with Gasteiger partial charge in [0.2, 0.25) is 5.91 Å². The number of nitrogens with one attached hydrogen (secondary N) is 2. The van der Waals surface area contributed by atoms with Gasteiger partial charge in [-0.2, -0.15) is 10.2 Å². The lowest BCUT2D eigenvalue weighted by molar-refractivity contribution is -0.142. The minimum Gasteiger partial charge on any atom is -0.493 e. The molecule has 10 rings (SSSR count). The molecule has 0 radical (unpaired) electrons. The number of aliphatic carboxylic acids is 1. The number of rotatable bonds is 12. The van der Waals surface area contributed by atoms with Gasteiger partial charge in [0.05, 0.1) is 65.7 Å². The van der Waals surface area contributed by atoms with Gasteiger partial charge in [0.1, 0.15) is 34.0 Å². The third kappa shape index (κ3) is 8.30. The summed E-state index contributed by atoms with van der Waals surface area (Å²) in [5, 5.41) is 26.8. The molecular formula is C44H48N12O5S2. The predicted molar refractivity (Wildman–Crippen MR) is 244 cm³/mol. The highest BCUT2D eigenvalue weighted by molar-refractivity contribution is 7.19. The standard InChI is InChI=1S/C25H31N7O2S.C19H17N5O3S/c1-5-31(11-10-30(2)3)25(33)16-6-7-18-21(12-16)35-24-22(18)23(26-15-27-24)29-19-13-17-8-9-28-32(17)14-20(19)34-4;1-27-14-8-24-11(4-5-22-24)7-13(14)23-17-16-12-3-2-10(19(25)26)6-15(12)28-18(16)21-9-20-17/h8-9,13-16H,5-7,10-12H2,1-4H3,(H,26,27,29);4-5,7-10H,2-3,6H2,1H3,(H,25,26)(H,20,21,23)/t16-;10-/m00/s1. The maximum Gasteiger partial charge on any atom is 0.306 e. The Balaban J connectivity index is 0.000000164. The second kappa shape index (κ2) is 17.7. The van der Waals surface area contributed by atoms with E-state index in [1.54, 1.807) is 64.6 Å². The van der Waals surface area contributed by atoms with E-state index >= 15 is 0 Å². The topological polar surface area (TPSA) is 190 Å². The summed E-state index contributed by atoms with van der Waals surface area (Å²) in [4.78, 5) is 51.0. The fourth-order valence-electron chi connectivity index (χ4n) is 8.50. The molecule has 19 heteroatoms. The molecule has 0 fully saturated rings. The van der Waals surface area contributed by atoms with E-state index < -0.39 is 5.97 Å². The third-order valence-electron chi connectivity index (χ3n) is 11.8. The van der Waals surface area contributed by atoms with Gasteiger partial charge in [-0.25, -0.2) is 29.0 Å². The van der Waals surface area contributed by atoms with Crippen molar-refractivity contribution in [2.75, 3.05) is 58.6 Å². The summed E-state index contributed by atoms with van der Waals surface area (Å²) in [6, 6.07) is 7.82. The van der Waals surface area contributed by atoms with Crippen LogP contribution in [0.5, 0.6) is 11.5 Å². The van der Waals surface area contributed by atoms with Crippen molar-refractivity contribution in [3.63, 3.8) is 0 Å². The van der Waals surface area contributed by atoms with Gasteiger partial charge < -0.3 is 35.0 Å². The normalized spacial score (nSPS) is 15.8. The van der Waals surface area contributed by atoms with E-state index in [1.807, 2.05) is 55.7 Å². The van der Waals surface area contributed by atoms with Gasteiger partial charge in [0.15, 0.2) is 11.5 Å². The van der Waals surface area contributed by atoms with Crippen LogP contribution in [0.1, 0.15) is 40.6 Å². The summed E-state index contributed by atoms with van der Waals surface area (Å²) >= 11 is 3.24. The number of hydrogen-bond acceptors (Lipinski definition) is 15. The first kappa shape index (κ1) is 41.9. The highest BCUT2D eigenvalue weighted by Gasteiger charge is 2.32. The molecule has 2 aliphatic carbocycles. The summed E-state index contributed by atoms with van der Waals surface area (Å²) in [5.41, 5.74) is 5.92. The van der Waals surface area contributed by atoms with Crippen molar-refractivity contribution in [1.29, 1.82) is 0 Å². The van der Waals surface area contributed by atoms with Crippen LogP contribution in [0.2, 0.25) is 0 Å². The van der Waals surface area contributed by atoms with E-state index in [1.165, 1.54) is 16.8 Å². The smallest absolute Gasteiger partial charge is 0.306 e. The number of pyridine rings is 2. The van der Waals surface area contributed by atoms with E-state index in [9.17, 15) is 14.7 Å². The van der Waals surface area contributed by atoms with Crippen LogP contribution >= 0.6 is 22.7 Å². The van der Waals surface area contributed by atoms with E-state index in [4.69, 9.17) is 9.47 Å². The summed E-state index contributed by atoms with van der Waals surface area (Å²) < 4.78 is 14.6. The number of aryl methyl sites for hydroxylation is 2. The van der Waals surface area contributed by atoms with Crippen LogP contribution in [0.3, 0.4) is 0 Å². The Hall–Kier alpha value is -6.44. The number of thiophene rings is 2. The van der Waals surface area contributed by atoms with Crippen molar-refractivity contribution < 1.29 is 24.2 Å². The molecule has 8 heterocycles. The van der Waals surface area contributed by atoms with Gasteiger partial charge >= 0.3 is 5.97 Å². The molecular weight excluding hydrogens is 841 g/mol. The van der Waals surface area contributed by atoms with Gasteiger partial charge in [-0.3, -0.25) is 9.59 Å². The fourth-order valence-corrected chi connectivity index (χ4v) is 11.0. The number of nitrogens with zero attached hydrogens (tertiary/aromatic N) is 10. The van der Waals surface area contributed by atoms with E-state index in [2.05, 4.69) is 52.6 Å². The minimum absolute atomic E-state index is 0.0198. The highest BCUT2D eigenvalue weighted by atomic mass is 32.1. The quantitative estimate of drug-likeness (QED) is 0.115. The molecule has 2 aliphatic rings. The first-order valence-electron chi connectivity index (χ1n) is 20.9. The SMILES string of the molecule is CCN(CCN(C)C)C(=O)[C@H]1CCc2c(sc3ncnc(Nc4cc5ccnn5cc4OC)c23)C1.COc1cn2nccc2cc1Nc1ncnc2sc3c(c12)CC[C@H](C(=O)O)C3. The maximum atomic E-state index is 13.3. The number of fused-ring (bicyclic) bond motifs is 8. The molecule has 0 aliphatic heterocycles. The Bertz CT molecular complexity index is 2980. The summed E-state index contributed by atoms with van der Waals surface area (Å²) in [6.45, 7) is 4.44. The number of methoxy groups -OCH3 is 2.